The van der Waals surface area contributed by atoms with Crippen LogP contribution in [0.25, 0.3) is 0 Å². The van der Waals surface area contributed by atoms with Crippen LogP contribution in [0.15, 0.2) is 24.3 Å². The van der Waals surface area contributed by atoms with E-state index in [2.05, 4.69) is 31.2 Å². The molecule has 1 heteroatoms. The molecule has 0 saturated heterocycles. The predicted octanol–water partition coefficient (Wildman–Crippen LogP) is 1.85. The third-order valence-electron chi connectivity index (χ3n) is 1.23. The van der Waals surface area contributed by atoms with E-state index in [1.807, 2.05) is 0 Å². The molecule has 0 atom stereocenters. The Bertz CT molecular complexity index is 117. The van der Waals surface area contributed by atoms with E-state index in [0.29, 0.717) is 2.97 Å². The minimum absolute atomic E-state index is 0.484. The first-order valence-electron chi connectivity index (χ1n) is 2.85. The van der Waals surface area contributed by atoms with Crippen molar-refractivity contribution in [1.82, 2.24) is 0 Å². The van der Waals surface area contributed by atoms with E-state index in [0.717, 1.165) is 32.2 Å². The fourth-order valence-corrected chi connectivity index (χ4v) is 1.84. The Morgan fingerprint density at radius 3 is 2.12 bits per heavy atom. The van der Waals surface area contributed by atoms with Crippen LogP contribution in [0.3, 0.4) is 0 Å². The van der Waals surface area contributed by atoms with E-state index in [1.54, 1.807) is 0 Å². The van der Waals surface area contributed by atoms with E-state index in [1.165, 1.54) is 0 Å². The Kier molecular flexibility index (Phi) is 1.90. The molecule has 0 aromatic heterocycles. The van der Waals surface area contributed by atoms with Crippen LogP contribution in [0, 0.1) is 0 Å². The number of allylic oxidation sites excluding steroid dienone is 4. The van der Waals surface area contributed by atoms with Crippen LogP contribution in [-0.2, 0) is 0 Å². The topological polar surface area (TPSA) is 0 Å². The second-order valence-corrected chi connectivity index (χ2v) is 7.24. The Hall–Kier alpha value is 0.402. The zero-order valence-corrected chi connectivity index (χ0v) is 9.58. The average Bonchev–Trinajstić information content (AvgIpc) is 1.65. The van der Waals surface area contributed by atoms with Gasteiger partial charge in [0.1, 0.15) is 0 Å². The van der Waals surface area contributed by atoms with Gasteiger partial charge < -0.3 is 0 Å². The fourth-order valence-electron chi connectivity index (χ4n) is 0.778. The fraction of sp³-hybridized carbons (Fsp3) is 0.429. The Balaban J connectivity index is 2.69. The Labute approximate surface area is 66.4 Å². The quantitative estimate of drug-likeness (QED) is 0.473. The average molecular weight is 298 g/mol. The first-order valence-corrected chi connectivity index (χ1v) is 5.09. The summed E-state index contributed by atoms with van der Waals surface area (Å²) in [6.45, 7) is 2.28. The molecule has 1 rings (SSSR count). The van der Waals surface area contributed by atoms with Gasteiger partial charge in [-0.2, -0.15) is 0 Å². The van der Waals surface area contributed by atoms with Crippen molar-refractivity contribution in [2.75, 3.05) is 0 Å². The molecule has 0 amide bonds. The first kappa shape index (κ1) is 6.52. The normalized spacial score (nSPS) is 23.5. The summed E-state index contributed by atoms with van der Waals surface area (Å²) in [6.07, 6.45) is 10.3. The summed E-state index contributed by atoms with van der Waals surface area (Å²) in [6, 6.07) is 0. The van der Waals surface area contributed by atoms with Crippen molar-refractivity contribution in [2.24, 2.45) is 0 Å². The number of hydrogen-bond donors (Lipinski definition) is 0. The Morgan fingerprint density at radius 1 is 1.38 bits per heavy atom. The van der Waals surface area contributed by atoms with Crippen molar-refractivity contribution >= 4 is 25.8 Å². The molecule has 0 saturated carbocycles. The van der Waals surface area contributed by atoms with Crippen molar-refractivity contribution in [3.63, 3.8) is 0 Å². The summed E-state index contributed by atoms with van der Waals surface area (Å²) >= 11 is 1.04. The monoisotopic (exact) mass is 298 g/mol. The van der Waals surface area contributed by atoms with Gasteiger partial charge in [-0.3, -0.25) is 0 Å². The molecule has 0 radical (unpaired) electrons. The van der Waals surface area contributed by atoms with Gasteiger partial charge in [-0.05, 0) is 0 Å². The van der Waals surface area contributed by atoms with Crippen molar-refractivity contribution in [3.8, 4) is 0 Å². The summed E-state index contributed by atoms with van der Waals surface area (Å²) in [4.78, 5) is 0. The van der Waals surface area contributed by atoms with Crippen molar-refractivity contribution in [1.29, 1.82) is 0 Å². The van der Waals surface area contributed by atoms with E-state index < -0.39 is 0 Å². The van der Waals surface area contributed by atoms with Gasteiger partial charge in [-0.15, -0.1) is 0 Å². The van der Waals surface area contributed by atoms with Gasteiger partial charge in [-0.1, -0.05) is 0 Å². The van der Waals surface area contributed by atoms with E-state index in [4.69, 9.17) is 0 Å². The molecule has 8 heavy (non-hydrogen) atoms. The van der Waals surface area contributed by atoms with Crippen LogP contribution in [0.5, 0.6) is 0 Å². The van der Waals surface area contributed by atoms with Gasteiger partial charge in [-0.25, -0.2) is 0 Å². The molecule has 0 spiro atoms. The Morgan fingerprint density at radius 2 is 1.88 bits per heavy atom. The molecule has 0 unspecified atom stereocenters. The molecule has 0 bridgehead atoms. The van der Waals surface area contributed by atoms with Crippen molar-refractivity contribution in [3.05, 3.63) is 24.3 Å². The second-order valence-electron chi connectivity index (χ2n) is 2.41. The molecule has 0 nitrogen and oxygen atoms in total. The maximum absolute atomic E-state index is 2.32. The zero-order valence-electron chi connectivity index (χ0n) is 5.09. The van der Waals surface area contributed by atoms with Gasteiger partial charge in [0.2, 0.25) is 0 Å². The zero-order chi connectivity index (χ0) is 6.04. The van der Waals surface area contributed by atoms with Gasteiger partial charge in [0.25, 0.3) is 0 Å². The molecule has 1 aliphatic rings. The standard InChI is InChI=1S/C7H9.Tl/c1-7-5-3-2-4-6-7;/h3-6H,2H2,1H3;. The molecule has 1 aliphatic carbocycles. The SMILES string of the molecule is C[C]1([Tl])C=CCC=C1. The molecule has 0 aliphatic heterocycles. The van der Waals surface area contributed by atoms with Gasteiger partial charge >= 0.3 is 66.4 Å². The molecule has 0 heterocycles. The van der Waals surface area contributed by atoms with Gasteiger partial charge in [0, 0.05) is 0 Å². The van der Waals surface area contributed by atoms with Crippen LogP contribution in [0.1, 0.15) is 13.3 Å². The molecular formula is C7H9Tl. The molecule has 40 valence electrons. The van der Waals surface area contributed by atoms with Crippen LogP contribution in [-0.4, -0.2) is 25.8 Å². The van der Waals surface area contributed by atoms with E-state index in [-0.39, 0.29) is 0 Å². The van der Waals surface area contributed by atoms with Crippen LogP contribution >= 0.6 is 0 Å². The predicted molar refractivity (Wildman–Crippen MR) is 37.0 cm³/mol. The van der Waals surface area contributed by atoms with Gasteiger partial charge in [0.05, 0.1) is 0 Å². The van der Waals surface area contributed by atoms with Crippen molar-refractivity contribution in [2.45, 2.75) is 16.3 Å². The summed E-state index contributed by atoms with van der Waals surface area (Å²) in [5.74, 6) is 0. The second kappa shape index (κ2) is 2.33. The number of hydrogen-bond acceptors (Lipinski definition) is 0. The van der Waals surface area contributed by atoms with E-state index >= 15 is 0 Å². The summed E-state index contributed by atoms with van der Waals surface area (Å²) < 4.78 is 0.484. The summed E-state index contributed by atoms with van der Waals surface area (Å²) in [5, 5.41) is 0. The minimum atomic E-state index is 0.484. The van der Waals surface area contributed by atoms with E-state index in [9.17, 15) is 0 Å². The van der Waals surface area contributed by atoms with Crippen LogP contribution in [0.4, 0.5) is 0 Å². The van der Waals surface area contributed by atoms with Crippen molar-refractivity contribution < 1.29 is 0 Å². The number of rotatable bonds is 0. The van der Waals surface area contributed by atoms with Crippen LogP contribution < -0.4 is 0 Å². The first-order chi connectivity index (χ1) is 3.71. The molecule has 0 aromatic carbocycles. The third kappa shape index (κ3) is 1.73. The summed E-state index contributed by atoms with van der Waals surface area (Å²) in [7, 11) is 0. The summed E-state index contributed by atoms with van der Waals surface area (Å²) in [5.41, 5.74) is 0. The third-order valence-corrected chi connectivity index (χ3v) is 2.72. The van der Waals surface area contributed by atoms with Crippen LogP contribution in [0.2, 0.25) is 2.97 Å². The van der Waals surface area contributed by atoms with Gasteiger partial charge in [0.15, 0.2) is 0 Å². The molecule has 0 N–H and O–H groups in total. The molecule has 0 aromatic rings. The maximum atomic E-state index is 2.32. The molecule has 0 fully saturated rings. The molecular weight excluding hydrogens is 288 g/mol.